The molecule has 3 heterocycles. The number of hydrogen-bond acceptors (Lipinski definition) is 1. The van der Waals surface area contributed by atoms with Crippen LogP contribution in [0.3, 0.4) is 0 Å². The number of nitrogens with zero attached hydrogens (tertiary/aromatic N) is 1. The third kappa shape index (κ3) is 4.68. The average Bonchev–Trinajstić information content (AvgIpc) is 3.67. The van der Waals surface area contributed by atoms with E-state index in [4.69, 9.17) is 0 Å². The van der Waals surface area contributed by atoms with E-state index >= 15 is 52.7 Å². The van der Waals surface area contributed by atoms with Gasteiger partial charge in [-0.2, -0.15) is 0 Å². The summed E-state index contributed by atoms with van der Waals surface area (Å²) >= 11 is 0.881. The standard InChI is InChI=1S/C41H15BF15NS/c43-25-22(26(44)32(50)37(55)31(25)49)42(23-27(45)33(51)38(56)34(52)28(23)46,24-29(47)35(53)39(57)36(54)30(24)48)58-21-14-20(15-8-2-1-3-9-15)59-41(21)18-12-6-4-10-16(18)40(58)17-11-5-7-13-19(17)41/h1-14,40H. The first kappa shape index (κ1) is 38.6. The van der Waals surface area contributed by atoms with Gasteiger partial charge in [-0.25, -0.2) is 65.9 Å². The molecule has 0 amide bonds. The van der Waals surface area contributed by atoms with Gasteiger partial charge in [-0.1, -0.05) is 90.6 Å². The van der Waals surface area contributed by atoms with E-state index in [0.717, 1.165) is 17.8 Å². The molecule has 0 fully saturated rings. The van der Waals surface area contributed by atoms with E-state index in [9.17, 15) is 13.2 Å². The van der Waals surface area contributed by atoms with Gasteiger partial charge in [0, 0.05) is 22.1 Å². The van der Waals surface area contributed by atoms with Crippen molar-refractivity contribution in [2.75, 3.05) is 0 Å². The molecule has 3 aliphatic heterocycles. The second-order valence-electron chi connectivity index (χ2n) is 13.8. The Morgan fingerprint density at radius 1 is 0.407 bits per heavy atom. The highest BCUT2D eigenvalue weighted by atomic mass is 32.2. The first-order chi connectivity index (χ1) is 28.0. The molecule has 298 valence electrons. The summed E-state index contributed by atoms with van der Waals surface area (Å²) in [6, 6.07) is 16.9. The quantitative estimate of drug-likeness (QED) is 0.0724. The summed E-state index contributed by atoms with van der Waals surface area (Å²) < 4.78 is 238. The molecule has 1 nitrogen and oxygen atoms in total. The van der Waals surface area contributed by atoms with Crippen LogP contribution in [-0.4, -0.2) is 16.5 Å². The van der Waals surface area contributed by atoms with Gasteiger partial charge in [-0.3, -0.25) is 0 Å². The predicted molar refractivity (Wildman–Crippen MR) is 186 cm³/mol. The summed E-state index contributed by atoms with van der Waals surface area (Å²) in [7, 11) is 0. The second kappa shape index (κ2) is 13.0. The fourth-order valence-electron chi connectivity index (χ4n) is 8.97. The molecule has 0 unspecified atom stereocenters. The fourth-order valence-corrected chi connectivity index (χ4v) is 10.6. The smallest absolute Gasteiger partial charge is 0.373 e. The van der Waals surface area contributed by atoms with Crippen molar-refractivity contribution in [2.24, 2.45) is 0 Å². The van der Waals surface area contributed by atoms with Crippen molar-refractivity contribution in [2.45, 2.75) is 10.8 Å². The Morgan fingerprint density at radius 2 is 0.729 bits per heavy atom. The van der Waals surface area contributed by atoms with Gasteiger partial charge in [0.1, 0.15) is 34.9 Å². The predicted octanol–water partition coefficient (Wildman–Crippen LogP) is 9.34. The lowest BCUT2D eigenvalue weighted by Gasteiger charge is -2.53. The SMILES string of the molecule is Fc1c(F)c(F)c([B-](c2c(F)c(F)c(F)c(F)c2F)(c2c(F)c(F)c(F)c(F)c2F)[N+]2=C3C=C(c4ccccc4)SC34c3ccccc3C2c2ccccc24)c(F)c1F. The molecular formula is C41H15BF15NS. The van der Waals surface area contributed by atoms with E-state index in [0.29, 0.717) is 5.56 Å². The van der Waals surface area contributed by atoms with E-state index in [2.05, 4.69) is 0 Å². The highest BCUT2D eigenvalue weighted by Crippen LogP contribution is 2.64. The summed E-state index contributed by atoms with van der Waals surface area (Å²) in [5.74, 6) is -45.7. The number of benzene rings is 6. The van der Waals surface area contributed by atoms with Gasteiger partial charge in [0.05, 0.1) is 0 Å². The van der Waals surface area contributed by atoms with Gasteiger partial charge in [-0.05, 0) is 33.1 Å². The second-order valence-corrected chi connectivity index (χ2v) is 15.1. The third-order valence-corrected chi connectivity index (χ3v) is 12.7. The van der Waals surface area contributed by atoms with E-state index in [1.165, 1.54) is 60.7 Å². The monoisotopic (exact) mass is 849 g/mol. The zero-order valence-corrected chi connectivity index (χ0v) is 29.6. The van der Waals surface area contributed by atoms with Crippen LogP contribution in [0.2, 0.25) is 0 Å². The van der Waals surface area contributed by atoms with Crippen LogP contribution >= 0.6 is 11.8 Å². The molecule has 6 aromatic rings. The maximum Gasteiger partial charge on any atom is 0.373 e. The number of allylic oxidation sites excluding steroid dienone is 1. The van der Waals surface area contributed by atoms with Crippen LogP contribution in [0.1, 0.15) is 33.9 Å². The van der Waals surface area contributed by atoms with Crippen molar-refractivity contribution >= 4 is 45.0 Å². The number of hydrogen-bond donors (Lipinski definition) is 0. The van der Waals surface area contributed by atoms with Gasteiger partial charge in [0.25, 0.3) is 0 Å². The van der Waals surface area contributed by atoms with Crippen LogP contribution in [0.4, 0.5) is 65.9 Å². The van der Waals surface area contributed by atoms with E-state index < -0.39 is 126 Å². The van der Waals surface area contributed by atoms with Crippen molar-refractivity contribution in [3.63, 3.8) is 0 Å². The number of halogens is 15. The molecule has 10 rings (SSSR count). The molecule has 1 spiro atoms. The lowest BCUT2D eigenvalue weighted by molar-refractivity contribution is -0.440. The van der Waals surface area contributed by atoms with Gasteiger partial charge in [0.15, 0.2) is 68.9 Å². The maximum atomic E-state index is 16.9. The zero-order chi connectivity index (χ0) is 42.2. The van der Waals surface area contributed by atoms with Crippen LogP contribution in [0, 0.1) is 87.3 Å². The summed E-state index contributed by atoms with van der Waals surface area (Å²) in [6.45, 7) is 0. The number of rotatable bonds is 5. The summed E-state index contributed by atoms with van der Waals surface area (Å²) in [5.41, 5.74) is -8.02. The van der Waals surface area contributed by atoms with Crippen LogP contribution < -0.4 is 16.4 Å². The molecule has 2 bridgehead atoms. The lowest BCUT2D eigenvalue weighted by Crippen LogP contribution is -2.81. The van der Waals surface area contributed by atoms with Crippen molar-refractivity contribution in [3.05, 3.63) is 200 Å². The van der Waals surface area contributed by atoms with E-state index in [1.54, 1.807) is 18.2 Å². The Bertz CT molecular complexity index is 2650. The van der Waals surface area contributed by atoms with Crippen molar-refractivity contribution < 1.29 is 70.3 Å². The summed E-state index contributed by atoms with van der Waals surface area (Å²) in [6.07, 6.45) is -5.02. The minimum Gasteiger partial charge on any atom is -0.430 e. The van der Waals surface area contributed by atoms with Crippen molar-refractivity contribution in [1.29, 1.82) is 0 Å². The van der Waals surface area contributed by atoms with Crippen LogP contribution in [0.25, 0.3) is 4.91 Å². The van der Waals surface area contributed by atoms with E-state index in [1.807, 2.05) is 0 Å². The van der Waals surface area contributed by atoms with Gasteiger partial charge in [-0.15, -0.1) is 0 Å². The van der Waals surface area contributed by atoms with Crippen LogP contribution in [0.15, 0.2) is 84.9 Å². The molecular weight excluding hydrogens is 834 g/mol. The summed E-state index contributed by atoms with van der Waals surface area (Å²) in [5, 5.41) is 0. The maximum absolute atomic E-state index is 16.9. The zero-order valence-electron chi connectivity index (χ0n) is 28.8. The molecule has 0 radical (unpaired) electrons. The molecule has 0 atom stereocenters. The lowest BCUT2D eigenvalue weighted by atomic mass is 9.22. The van der Waals surface area contributed by atoms with Crippen molar-refractivity contribution in [3.8, 4) is 0 Å². The molecule has 0 saturated heterocycles. The topological polar surface area (TPSA) is 3.01 Å². The molecule has 1 aliphatic carbocycles. The van der Waals surface area contributed by atoms with Crippen LogP contribution in [-0.2, 0) is 4.75 Å². The molecule has 59 heavy (non-hydrogen) atoms. The minimum atomic E-state index is -6.13. The molecule has 4 aliphatic rings. The van der Waals surface area contributed by atoms with E-state index in [-0.39, 0.29) is 31.6 Å². The number of thioether (sulfide) groups is 1. The average molecular weight is 849 g/mol. The summed E-state index contributed by atoms with van der Waals surface area (Å²) in [4.78, 5) is 0.148. The molecule has 0 aromatic heterocycles. The Labute approximate surface area is 325 Å². The highest BCUT2D eigenvalue weighted by molar-refractivity contribution is 8.10. The Kier molecular flexibility index (Phi) is 8.54. The van der Waals surface area contributed by atoms with Gasteiger partial charge >= 0.3 is 6.28 Å². The Hall–Kier alpha value is -5.91. The Balaban J connectivity index is 1.67. The molecule has 0 N–H and O–H groups in total. The Morgan fingerprint density at radius 3 is 1.10 bits per heavy atom. The minimum absolute atomic E-state index is 0.0898. The largest absolute Gasteiger partial charge is 0.430 e. The fraction of sp³-hybridized carbons (Fsp3) is 0.0488. The third-order valence-electron chi connectivity index (χ3n) is 11.2. The van der Waals surface area contributed by atoms with Gasteiger partial charge in [0.2, 0.25) is 0 Å². The first-order valence-corrected chi connectivity index (χ1v) is 17.9. The highest BCUT2D eigenvalue weighted by Gasteiger charge is 2.67. The first-order valence-electron chi connectivity index (χ1n) is 17.1. The molecule has 18 heteroatoms. The molecule has 0 saturated carbocycles. The van der Waals surface area contributed by atoms with Crippen molar-refractivity contribution in [1.82, 2.24) is 0 Å². The molecule has 6 aromatic carbocycles. The van der Waals surface area contributed by atoms with Crippen LogP contribution in [0.5, 0.6) is 0 Å². The van der Waals surface area contributed by atoms with Gasteiger partial charge < -0.3 is 4.49 Å². The normalized spacial score (nSPS) is 17.9.